The third kappa shape index (κ3) is 3.25. The zero-order valence-corrected chi connectivity index (χ0v) is 12.0. The first-order valence-electron chi connectivity index (χ1n) is 6.52. The van der Waals surface area contributed by atoms with Crippen molar-refractivity contribution in [3.8, 4) is 11.5 Å². The number of phenolic OH excluding ortho intramolecular Hbond substituents is 1. The number of rotatable bonds is 5. The van der Waals surface area contributed by atoms with Gasteiger partial charge in [-0.1, -0.05) is 12.1 Å². The van der Waals surface area contributed by atoms with Crippen molar-refractivity contribution in [1.29, 1.82) is 0 Å². The Hall–Kier alpha value is -2.69. The van der Waals surface area contributed by atoms with E-state index in [1.807, 2.05) is 13.0 Å². The highest BCUT2D eigenvalue weighted by Gasteiger charge is 2.08. The van der Waals surface area contributed by atoms with Crippen LogP contribution in [0.5, 0.6) is 11.5 Å². The number of phenols is 1. The number of nitrogens with two attached hydrogens (primary N) is 1. The van der Waals surface area contributed by atoms with Crippen LogP contribution >= 0.6 is 0 Å². The minimum absolute atomic E-state index is 0.105. The highest BCUT2D eigenvalue weighted by Crippen LogP contribution is 2.27. The quantitative estimate of drug-likeness (QED) is 0.788. The molecule has 0 aliphatic rings. The van der Waals surface area contributed by atoms with E-state index in [1.165, 1.54) is 7.11 Å². The van der Waals surface area contributed by atoms with Crippen molar-refractivity contribution in [3.05, 3.63) is 53.1 Å². The zero-order chi connectivity index (χ0) is 15.4. The first-order valence-corrected chi connectivity index (χ1v) is 6.52. The topological polar surface area (TPSA) is 84.6 Å². The van der Waals surface area contributed by atoms with E-state index in [4.69, 9.17) is 10.5 Å². The molecule has 21 heavy (non-hydrogen) atoms. The number of methoxy groups -OCH3 is 1. The Morgan fingerprint density at radius 1 is 1.33 bits per heavy atom. The second-order valence-corrected chi connectivity index (χ2v) is 4.70. The summed E-state index contributed by atoms with van der Waals surface area (Å²) in [5, 5.41) is 12.8. The number of carbonyl (C=O) groups is 1. The summed E-state index contributed by atoms with van der Waals surface area (Å²) in [5.74, 6) is 0.0903. The van der Waals surface area contributed by atoms with Gasteiger partial charge in [0, 0.05) is 17.8 Å². The molecule has 0 atom stereocenters. The summed E-state index contributed by atoms with van der Waals surface area (Å²) >= 11 is 0. The van der Waals surface area contributed by atoms with Gasteiger partial charge in [-0.05, 0) is 42.3 Å². The molecule has 0 fully saturated rings. The number of benzene rings is 2. The number of nitrogens with one attached hydrogen (secondary N) is 1. The number of ether oxygens (including phenoxy) is 1. The molecular formula is C16H18N2O3. The third-order valence-electron chi connectivity index (χ3n) is 3.33. The number of primary amides is 1. The lowest BCUT2D eigenvalue weighted by Crippen LogP contribution is -2.13. The van der Waals surface area contributed by atoms with Gasteiger partial charge in [-0.25, -0.2) is 0 Å². The van der Waals surface area contributed by atoms with Crippen LogP contribution in [0.3, 0.4) is 0 Å². The maximum Gasteiger partial charge on any atom is 0.249 e. The van der Waals surface area contributed by atoms with E-state index in [-0.39, 0.29) is 5.75 Å². The van der Waals surface area contributed by atoms with E-state index in [0.717, 1.165) is 16.8 Å². The molecule has 0 heterocycles. The normalized spacial score (nSPS) is 10.2. The molecule has 0 saturated heterocycles. The Morgan fingerprint density at radius 3 is 2.76 bits per heavy atom. The van der Waals surface area contributed by atoms with Crippen molar-refractivity contribution in [3.63, 3.8) is 0 Å². The minimum Gasteiger partial charge on any atom is -0.504 e. The van der Waals surface area contributed by atoms with Gasteiger partial charge in [0.1, 0.15) is 0 Å². The zero-order valence-electron chi connectivity index (χ0n) is 12.0. The average Bonchev–Trinajstić information content (AvgIpc) is 2.47. The molecule has 1 amide bonds. The fourth-order valence-electron chi connectivity index (χ4n) is 2.12. The maximum atomic E-state index is 11.3. The number of hydrogen-bond donors (Lipinski definition) is 3. The van der Waals surface area contributed by atoms with Gasteiger partial charge in [-0.3, -0.25) is 4.79 Å². The van der Waals surface area contributed by atoms with E-state index in [9.17, 15) is 9.90 Å². The van der Waals surface area contributed by atoms with Crippen molar-refractivity contribution in [2.75, 3.05) is 12.4 Å². The summed E-state index contributed by atoms with van der Waals surface area (Å²) in [6.07, 6.45) is 0. The van der Waals surface area contributed by atoms with Gasteiger partial charge in [-0.2, -0.15) is 0 Å². The molecule has 0 aromatic heterocycles. The predicted molar refractivity (Wildman–Crippen MR) is 81.7 cm³/mol. The number of amides is 1. The second kappa shape index (κ2) is 6.17. The van der Waals surface area contributed by atoms with Crippen LogP contribution in [-0.2, 0) is 6.54 Å². The molecule has 0 aliphatic carbocycles. The Labute approximate surface area is 123 Å². The lowest BCUT2D eigenvalue weighted by molar-refractivity contribution is 0.1000. The van der Waals surface area contributed by atoms with Crippen molar-refractivity contribution >= 4 is 11.6 Å². The average molecular weight is 286 g/mol. The Morgan fingerprint density at radius 2 is 2.10 bits per heavy atom. The van der Waals surface area contributed by atoms with Gasteiger partial charge in [0.25, 0.3) is 0 Å². The van der Waals surface area contributed by atoms with Gasteiger partial charge < -0.3 is 20.9 Å². The first-order chi connectivity index (χ1) is 10.0. The number of hydrogen-bond acceptors (Lipinski definition) is 4. The van der Waals surface area contributed by atoms with Crippen LogP contribution in [0.25, 0.3) is 0 Å². The molecule has 5 nitrogen and oxygen atoms in total. The summed E-state index contributed by atoms with van der Waals surface area (Å²) in [4.78, 5) is 11.3. The van der Waals surface area contributed by atoms with E-state index >= 15 is 0 Å². The Balaban J connectivity index is 2.17. The van der Waals surface area contributed by atoms with Crippen molar-refractivity contribution < 1.29 is 14.6 Å². The summed E-state index contributed by atoms with van der Waals surface area (Å²) < 4.78 is 5.07. The van der Waals surface area contributed by atoms with Crippen molar-refractivity contribution in [2.24, 2.45) is 5.73 Å². The molecule has 2 aromatic carbocycles. The standard InChI is InChI=1S/C16H18N2O3/c1-10-12(16(17)20)4-3-5-13(10)18-9-11-6-7-14(19)15(8-11)21-2/h3-8,18-19H,9H2,1-2H3,(H2,17,20). The summed E-state index contributed by atoms with van der Waals surface area (Å²) in [7, 11) is 1.51. The lowest BCUT2D eigenvalue weighted by Gasteiger charge is -2.12. The van der Waals surface area contributed by atoms with E-state index < -0.39 is 5.91 Å². The lowest BCUT2D eigenvalue weighted by atomic mass is 10.1. The molecule has 110 valence electrons. The predicted octanol–water partition coefficient (Wildman–Crippen LogP) is 2.42. The van der Waals surface area contributed by atoms with Crippen LogP contribution in [-0.4, -0.2) is 18.1 Å². The van der Waals surface area contributed by atoms with Gasteiger partial charge in [0.05, 0.1) is 7.11 Å². The van der Waals surface area contributed by atoms with Crippen LogP contribution in [0.4, 0.5) is 5.69 Å². The highest BCUT2D eigenvalue weighted by atomic mass is 16.5. The van der Waals surface area contributed by atoms with E-state index in [1.54, 1.807) is 30.3 Å². The summed E-state index contributed by atoms with van der Waals surface area (Å²) in [6, 6.07) is 10.5. The third-order valence-corrected chi connectivity index (χ3v) is 3.33. The van der Waals surface area contributed by atoms with Crippen molar-refractivity contribution in [2.45, 2.75) is 13.5 Å². The van der Waals surface area contributed by atoms with Gasteiger partial charge in [0.15, 0.2) is 11.5 Å². The number of carbonyl (C=O) groups excluding carboxylic acids is 1. The van der Waals surface area contributed by atoms with Gasteiger partial charge in [-0.15, -0.1) is 0 Å². The molecule has 0 unspecified atom stereocenters. The largest absolute Gasteiger partial charge is 0.504 e. The smallest absolute Gasteiger partial charge is 0.249 e. The fourth-order valence-corrected chi connectivity index (χ4v) is 2.12. The number of aromatic hydroxyl groups is 1. The van der Waals surface area contributed by atoms with Crippen molar-refractivity contribution in [1.82, 2.24) is 0 Å². The molecule has 0 aliphatic heterocycles. The van der Waals surface area contributed by atoms with Crippen LogP contribution in [0.1, 0.15) is 21.5 Å². The first kappa shape index (κ1) is 14.7. The number of anilines is 1. The minimum atomic E-state index is -0.442. The van der Waals surface area contributed by atoms with Crippen LogP contribution in [0.15, 0.2) is 36.4 Å². The van der Waals surface area contributed by atoms with Crippen LogP contribution in [0.2, 0.25) is 0 Å². The molecule has 0 saturated carbocycles. The van der Waals surface area contributed by atoms with Crippen LogP contribution < -0.4 is 15.8 Å². The molecular weight excluding hydrogens is 268 g/mol. The van der Waals surface area contributed by atoms with E-state index in [0.29, 0.717) is 17.9 Å². The van der Waals surface area contributed by atoms with E-state index in [2.05, 4.69) is 5.32 Å². The molecule has 4 N–H and O–H groups in total. The molecule has 2 rings (SSSR count). The molecule has 0 bridgehead atoms. The SMILES string of the molecule is COc1cc(CNc2cccc(C(N)=O)c2C)ccc1O. The monoisotopic (exact) mass is 286 g/mol. The maximum absolute atomic E-state index is 11.3. The summed E-state index contributed by atoms with van der Waals surface area (Å²) in [6.45, 7) is 2.39. The van der Waals surface area contributed by atoms with Crippen LogP contribution in [0, 0.1) is 6.92 Å². The molecule has 0 radical (unpaired) electrons. The van der Waals surface area contributed by atoms with Gasteiger partial charge in [0.2, 0.25) is 5.91 Å². The fraction of sp³-hybridized carbons (Fsp3) is 0.188. The van der Waals surface area contributed by atoms with Gasteiger partial charge >= 0.3 is 0 Å². The molecule has 2 aromatic rings. The molecule has 0 spiro atoms. The second-order valence-electron chi connectivity index (χ2n) is 4.70. The Bertz CT molecular complexity index is 669. The molecule has 5 heteroatoms. The summed E-state index contributed by atoms with van der Waals surface area (Å²) in [5.41, 5.74) is 8.45. The highest BCUT2D eigenvalue weighted by molar-refractivity contribution is 5.95. The Kier molecular flexibility index (Phi) is 4.33.